The lowest BCUT2D eigenvalue weighted by Gasteiger charge is -2.31. The molecule has 15 amide bonds. The van der Waals surface area contributed by atoms with Crippen LogP contribution in [0.5, 0.6) is 5.75 Å². The summed E-state index contributed by atoms with van der Waals surface area (Å²) in [5.74, 6) is -14.8. The number of benzene rings is 1. The minimum absolute atomic E-state index is 0.0288. The Morgan fingerprint density at radius 3 is 1.22 bits per heavy atom. The van der Waals surface area contributed by atoms with Gasteiger partial charge >= 0.3 is 0 Å². The number of unbranched alkanes of at least 4 members (excludes halogenated alkanes) is 2. The predicted octanol–water partition coefficient (Wildman–Crippen LogP) is -10.3. The highest BCUT2D eigenvalue weighted by atomic mass is 16.3. The lowest BCUT2D eigenvalue weighted by molar-refractivity contribution is -0.143. The van der Waals surface area contributed by atoms with E-state index in [9.17, 15) is 87.2 Å². The molecule has 0 unspecified atom stereocenters. The molecule has 1 aromatic carbocycles. The Hall–Kier alpha value is -10.6. The molecule has 576 valence electrons. The van der Waals surface area contributed by atoms with Crippen LogP contribution in [-0.2, 0) is 78.3 Å². The van der Waals surface area contributed by atoms with Gasteiger partial charge in [0.1, 0.15) is 78.3 Å². The molecule has 1 heterocycles. The summed E-state index contributed by atoms with van der Waals surface area (Å²) in [4.78, 5) is 211. The number of carbonyl (C=O) groups is 15. The van der Waals surface area contributed by atoms with Crippen LogP contribution in [0.1, 0.15) is 129 Å². The van der Waals surface area contributed by atoms with Crippen molar-refractivity contribution in [3.63, 3.8) is 0 Å². The SMILES string of the molecule is CC(=O)N[C@@H](C)C(=O)N[C@@H](C)C(=O)N[C@@H](CCC(N)=O)C(=O)N[C@@H](CCCCN)C(=O)N[C@@H](CCCN=C(N)N)C(=O)N1CCC[C@H]1C(=O)N[C@@H](CO)C(=O)N[C@@H](CCC(N)=O)C(=O)N[C@@H](CCCN=C(N)N)C(=O)N[C@@H](CO)C(=O)N[C@@H](CCCCN)C(=O)N[C@@H](Cc1ccc(O)cc1)C(N)=O. The third-order valence-electron chi connectivity index (χ3n) is 16.0. The summed E-state index contributed by atoms with van der Waals surface area (Å²) >= 11 is 0. The number of aliphatic imine (C=N–C) groups is 2. The lowest BCUT2D eigenvalue weighted by atomic mass is 10.0. The molecule has 103 heavy (non-hydrogen) atoms. The van der Waals surface area contributed by atoms with Gasteiger partial charge in [0, 0.05) is 45.8 Å². The second kappa shape index (κ2) is 46.8. The fraction of sp³-hybridized carbons (Fsp3) is 0.629. The van der Waals surface area contributed by atoms with E-state index in [1.54, 1.807) is 0 Å². The number of nitrogens with two attached hydrogens (primary N) is 9. The Labute approximate surface area is 594 Å². The van der Waals surface area contributed by atoms with Gasteiger partial charge in [-0.15, -0.1) is 0 Å². The molecule has 1 saturated heterocycles. The molecule has 2 rings (SSSR count). The van der Waals surface area contributed by atoms with Crippen LogP contribution in [-0.4, -0.2) is 239 Å². The van der Waals surface area contributed by atoms with Crippen LogP contribution >= 0.6 is 0 Å². The van der Waals surface area contributed by atoms with Crippen LogP contribution in [0.25, 0.3) is 0 Å². The van der Waals surface area contributed by atoms with E-state index in [2.05, 4.69) is 68.5 Å². The molecule has 1 aromatic rings. The Morgan fingerprint density at radius 1 is 0.456 bits per heavy atom. The normalized spacial score (nSPS) is 15.6. The number of carbonyl (C=O) groups excluding carboxylic acids is 15. The molecule has 0 aromatic heterocycles. The minimum Gasteiger partial charge on any atom is -0.508 e. The van der Waals surface area contributed by atoms with Crippen molar-refractivity contribution in [1.82, 2.24) is 63.4 Å². The lowest BCUT2D eigenvalue weighted by Crippen LogP contribution is -2.61. The number of nitrogens with one attached hydrogen (secondary N) is 11. The summed E-state index contributed by atoms with van der Waals surface area (Å²) in [6.45, 7) is 1.75. The van der Waals surface area contributed by atoms with E-state index >= 15 is 0 Å². The second-order valence-electron chi connectivity index (χ2n) is 24.5. The Kier molecular flexibility index (Phi) is 40.2. The second-order valence-corrected chi connectivity index (χ2v) is 24.5. The monoisotopic (exact) mass is 1460 g/mol. The zero-order chi connectivity index (χ0) is 77.5. The van der Waals surface area contributed by atoms with Gasteiger partial charge in [0.15, 0.2) is 11.9 Å². The van der Waals surface area contributed by atoms with E-state index in [-0.39, 0.29) is 127 Å². The first-order valence-corrected chi connectivity index (χ1v) is 33.6. The highest BCUT2D eigenvalue weighted by Crippen LogP contribution is 2.21. The summed E-state index contributed by atoms with van der Waals surface area (Å²) < 4.78 is 0. The molecule has 41 heteroatoms. The summed E-state index contributed by atoms with van der Waals surface area (Å²) in [6, 6.07) is -12.2. The van der Waals surface area contributed by atoms with Crippen LogP contribution in [0.3, 0.4) is 0 Å². The van der Waals surface area contributed by atoms with Crippen molar-refractivity contribution in [2.75, 3.05) is 45.9 Å². The number of guanidine groups is 2. The highest BCUT2D eigenvalue weighted by molar-refractivity contribution is 6.00. The van der Waals surface area contributed by atoms with Crippen LogP contribution in [0.15, 0.2) is 34.3 Å². The molecule has 1 aliphatic rings. The number of phenolic OH excluding ortho intramolecular Hbond substituents is 1. The van der Waals surface area contributed by atoms with Gasteiger partial charge in [0.05, 0.1) is 13.2 Å². The zero-order valence-corrected chi connectivity index (χ0v) is 58.2. The Balaban J connectivity index is 2.46. The fourth-order valence-corrected chi connectivity index (χ4v) is 10.4. The number of likely N-dealkylation sites (tertiary alicyclic amines) is 1. The summed E-state index contributed by atoms with van der Waals surface area (Å²) in [5.41, 5.74) is 50.5. The van der Waals surface area contributed by atoms with E-state index < -0.39 is 194 Å². The fourth-order valence-electron chi connectivity index (χ4n) is 10.4. The maximum absolute atomic E-state index is 14.7. The molecule has 12 atom stereocenters. The first kappa shape index (κ1) is 88.5. The molecule has 0 bridgehead atoms. The largest absolute Gasteiger partial charge is 0.508 e. The molecule has 1 fully saturated rings. The number of aliphatic hydroxyl groups is 2. The van der Waals surface area contributed by atoms with Crippen molar-refractivity contribution in [1.29, 1.82) is 0 Å². The van der Waals surface area contributed by atoms with E-state index in [0.29, 0.717) is 18.4 Å². The Morgan fingerprint density at radius 2 is 0.816 bits per heavy atom. The summed E-state index contributed by atoms with van der Waals surface area (Å²) in [7, 11) is 0. The number of hydrogen-bond acceptors (Lipinski definition) is 22. The number of aliphatic hydroxyl groups excluding tert-OH is 2. The van der Waals surface area contributed by atoms with Gasteiger partial charge in [0.2, 0.25) is 88.6 Å². The number of nitrogens with zero attached hydrogens (tertiary/aromatic N) is 3. The van der Waals surface area contributed by atoms with Gasteiger partial charge in [-0.2, -0.15) is 0 Å². The van der Waals surface area contributed by atoms with Gasteiger partial charge in [-0.25, -0.2) is 0 Å². The third-order valence-corrected chi connectivity index (χ3v) is 16.0. The van der Waals surface area contributed by atoms with Crippen molar-refractivity contribution in [2.45, 2.75) is 202 Å². The zero-order valence-electron chi connectivity index (χ0n) is 58.2. The number of hydrogen-bond donors (Lipinski definition) is 23. The van der Waals surface area contributed by atoms with Gasteiger partial charge < -0.3 is 130 Å². The van der Waals surface area contributed by atoms with Crippen molar-refractivity contribution < 1.29 is 87.2 Å². The predicted molar refractivity (Wildman–Crippen MR) is 371 cm³/mol. The van der Waals surface area contributed by atoms with E-state index in [0.717, 1.165) is 4.90 Å². The van der Waals surface area contributed by atoms with Crippen molar-refractivity contribution in [3.05, 3.63) is 29.8 Å². The average Bonchev–Trinajstić information content (AvgIpc) is 1.75. The van der Waals surface area contributed by atoms with Crippen LogP contribution in [0.2, 0.25) is 0 Å². The maximum Gasteiger partial charge on any atom is 0.245 e. The van der Waals surface area contributed by atoms with Crippen LogP contribution < -0.4 is 110 Å². The Bertz CT molecular complexity index is 3120. The number of rotatable bonds is 49. The van der Waals surface area contributed by atoms with Crippen molar-refractivity contribution in [2.24, 2.45) is 61.6 Å². The van der Waals surface area contributed by atoms with Gasteiger partial charge in [0.25, 0.3) is 0 Å². The molecule has 0 radical (unpaired) electrons. The smallest absolute Gasteiger partial charge is 0.245 e. The maximum atomic E-state index is 14.7. The average molecular weight is 1460 g/mol. The summed E-state index contributed by atoms with van der Waals surface area (Å²) in [5, 5.41) is 57.6. The molecule has 0 spiro atoms. The van der Waals surface area contributed by atoms with E-state index in [4.69, 9.17) is 51.6 Å². The number of primary amides is 3. The molecule has 0 aliphatic carbocycles. The van der Waals surface area contributed by atoms with Gasteiger partial charge in [-0.3, -0.25) is 81.9 Å². The highest BCUT2D eigenvalue weighted by Gasteiger charge is 2.41. The quantitative estimate of drug-likeness (QED) is 0.0164. The minimum atomic E-state index is -1.89. The van der Waals surface area contributed by atoms with Gasteiger partial charge in [-0.1, -0.05) is 12.1 Å². The topological polar surface area (TPSA) is 711 Å². The van der Waals surface area contributed by atoms with Gasteiger partial charge in [-0.05, 0) is 135 Å². The van der Waals surface area contributed by atoms with Crippen molar-refractivity contribution in [3.8, 4) is 5.75 Å². The number of aromatic hydroxyl groups is 1. The molecule has 1 aliphatic heterocycles. The van der Waals surface area contributed by atoms with Crippen LogP contribution in [0.4, 0.5) is 0 Å². The first-order chi connectivity index (χ1) is 48.7. The number of amides is 15. The third kappa shape index (κ3) is 33.7. The van der Waals surface area contributed by atoms with E-state index in [1.807, 2.05) is 0 Å². The van der Waals surface area contributed by atoms with E-state index in [1.165, 1.54) is 45.0 Å². The van der Waals surface area contributed by atoms with Crippen LogP contribution in [0, 0.1) is 0 Å². The first-order valence-electron chi connectivity index (χ1n) is 33.6. The molecular weight excluding hydrogens is 1350 g/mol. The molecule has 41 nitrogen and oxygen atoms in total. The molecule has 0 saturated carbocycles. The molecular formula is C62H105N23O18. The standard InChI is InChI=1S/C62H105N23O18/c1-32(74-34(3)88)50(93)75-33(2)51(94)76-40(20-22-47(65)90)55(98)77-37(11-4-6-24-63)52(95)81-42(14-9-27-73-62(70)71)60(103)85-28-10-15-46(85)59(102)84-45(31-87)58(101)80-41(21-23-48(66)91)56(99)78-39(13-8-26-72-61(68)69)54(97)83-44(30-86)57(100)79-38(12-5-7-25-64)53(96)82-43(49(67)92)29-35-16-18-36(89)19-17-35/h16-19,32-33,37-46,86-87,89H,4-15,20-31,63-64H2,1-3H3,(H2,65,90)(H2,66,91)(H2,67,92)(H,74,88)(H,75,93)(H,76,94)(H,77,98)(H,78,99)(H,79,100)(H,80,101)(H,81,95)(H,82,96)(H,83,97)(H,84,102)(H4,68,69,72)(H4,70,71,73)/t32-,33-,37-,38-,39-,40-,41-,42-,43-,44-,45-,46-/m0/s1. The summed E-state index contributed by atoms with van der Waals surface area (Å²) in [6.07, 6.45) is -1.17. The van der Waals surface area contributed by atoms with Crippen molar-refractivity contribution >= 4 is 101 Å². The number of phenols is 1. The molecule has 32 N–H and O–H groups in total.